The Morgan fingerprint density at radius 3 is 3.08 bits per heavy atom. The van der Waals surface area contributed by atoms with Crippen LogP contribution in [0.15, 0.2) is 23.8 Å². The van der Waals surface area contributed by atoms with Gasteiger partial charge in [0.25, 0.3) is 0 Å². The van der Waals surface area contributed by atoms with Crippen molar-refractivity contribution in [2.45, 2.75) is 44.9 Å². The highest BCUT2D eigenvalue weighted by Gasteiger charge is 2.33. The predicted octanol–water partition coefficient (Wildman–Crippen LogP) is 2.01. The fourth-order valence-corrected chi connectivity index (χ4v) is 4.34. The van der Waals surface area contributed by atoms with Crippen molar-refractivity contribution in [2.75, 3.05) is 6.54 Å². The molecule has 1 aliphatic carbocycles. The Balaban J connectivity index is 1.31. The number of carbonyl (C=O) groups is 1. The van der Waals surface area contributed by atoms with Crippen molar-refractivity contribution in [1.29, 1.82) is 0 Å². The Labute approximate surface area is 154 Å². The van der Waals surface area contributed by atoms with Crippen molar-refractivity contribution < 1.29 is 9.90 Å². The van der Waals surface area contributed by atoms with Crippen LogP contribution in [0.25, 0.3) is 4.96 Å². The molecule has 136 valence electrons. The molecule has 2 aliphatic rings. The van der Waals surface area contributed by atoms with Gasteiger partial charge in [-0.3, -0.25) is 13.9 Å². The Kier molecular flexibility index (Phi) is 3.82. The van der Waals surface area contributed by atoms with Crippen LogP contribution in [-0.2, 0) is 24.3 Å². The number of carbonyl (C=O) groups excluding carboxylic acids is 1. The minimum Gasteiger partial charge on any atom is -0.386 e. The molecule has 5 rings (SSSR count). The quantitative estimate of drug-likeness (QED) is 0.761. The third kappa shape index (κ3) is 2.93. The van der Waals surface area contributed by atoms with E-state index in [1.807, 2.05) is 37.8 Å². The highest BCUT2D eigenvalue weighted by molar-refractivity contribution is 7.15. The van der Waals surface area contributed by atoms with Crippen LogP contribution < -0.4 is 0 Å². The van der Waals surface area contributed by atoms with E-state index in [0.717, 1.165) is 54.4 Å². The molecule has 7 nitrogen and oxygen atoms in total. The van der Waals surface area contributed by atoms with E-state index in [-0.39, 0.29) is 5.91 Å². The van der Waals surface area contributed by atoms with E-state index < -0.39 is 6.10 Å². The zero-order valence-electron chi connectivity index (χ0n) is 14.4. The highest BCUT2D eigenvalue weighted by atomic mass is 32.1. The van der Waals surface area contributed by atoms with Crippen molar-refractivity contribution in [2.24, 2.45) is 5.92 Å². The van der Waals surface area contributed by atoms with E-state index in [1.165, 1.54) is 0 Å². The van der Waals surface area contributed by atoms with Crippen LogP contribution in [0.5, 0.6) is 0 Å². The van der Waals surface area contributed by atoms with Gasteiger partial charge in [-0.15, -0.1) is 11.3 Å². The van der Waals surface area contributed by atoms with Gasteiger partial charge in [-0.1, -0.05) is 0 Å². The maximum Gasteiger partial charge on any atom is 0.229 e. The monoisotopic (exact) mass is 371 g/mol. The van der Waals surface area contributed by atoms with Crippen molar-refractivity contribution in [3.8, 4) is 0 Å². The van der Waals surface area contributed by atoms with Gasteiger partial charge in [0.15, 0.2) is 4.96 Å². The molecule has 0 radical (unpaired) electrons. The molecule has 26 heavy (non-hydrogen) atoms. The Bertz CT molecular complexity index is 926. The molecule has 1 saturated carbocycles. The average molecular weight is 371 g/mol. The summed E-state index contributed by atoms with van der Waals surface area (Å²) in [5.74, 6) is 0.455. The van der Waals surface area contributed by atoms with Crippen molar-refractivity contribution in [3.63, 3.8) is 0 Å². The van der Waals surface area contributed by atoms with Crippen molar-refractivity contribution in [1.82, 2.24) is 24.1 Å². The number of aliphatic hydroxyl groups excluding tert-OH is 1. The van der Waals surface area contributed by atoms with Gasteiger partial charge in [-0.25, -0.2) is 4.98 Å². The lowest BCUT2D eigenvalue weighted by Crippen LogP contribution is -2.32. The summed E-state index contributed by atoms with van der Waals surface area (Å²) in [5.41, 5.74) is 2.58. The lowest BCUT2D eigenvalue weighted by Gasteiger charge is -2.19. The molecule has 0 unspecified atom stereocenters. The fraction of sp³-hybridized carbons (Fsp3) is 0.500. The summed E-state index contributed by atoms with van der Waals surface area (Å²) in [5, 5.41) is 16.9. The van der Waals surface area contributed by atoms with Gasteiger partial charge in [-0.05, 0) is 31.2 Å². The van der Waals surface area contributed by atoms with E-state index in [9.17, 15) is 9.90 Å². The summed E-state index contributed by atoms with van der Waals surface area (Å²) in [4.78, 5) is 20.1. The average Bonchev–Trinajstić information content (AvgIpc) is 3.17. The first-order valence-electron chi connectivity index (χ1n) is 9.11. The second kappa shape index (κ2) is 6.21. The number of hydrogen-bond acceptors (Lipinski definition) is 5. The maximum atomic E-state index is 12.8. The normalized spacial score (nSPS) is 18.7. The number of aryl methyl sites for hydroxylation is 1. The second-order valence-corrected chi connectivity index (χ2v) is 8.11. The summed E-state index contributed by atoms with van der Waals surface area (Å²) >= 11 is 1.57. The van der Waals surface area contributed by atoms with Crippen LogP contribution in [0.3, 0.4) is 0 Å². The predicted molar refractivity (Wildman–Crippen MR) is 96.7 cm³/mol. The van der Waals surface area contributed by atoms with Gasteiger partial charge in [-0.2, -0.15) is 5.10 Å². The van der Waals surface area contributed by atoms with Crippen molar-refractivity contribution >= 4 is 22.2 Å². The molecule has 1 atom stereocenters. The van der Waals surface area contributed by atoms with Crippen LogP contribution >= 0.6 is 11.3 Å². The van der Waals surface area contributed by atoms with Gasteiger partial charge in [0, 0.05) is 30.9 Å². The number of nitrogens with zero attached hydrogens (tertiary/aromatic N) is 5. The Morgan fingerprint density at radius 2 is 2.27 bits per heavy atom. The summed E-state index contributed by atoms with van der Waals surface area (Å²) in [7, 11) is 0. The second-order valence-electron chi connectivity index (χ2n) is 7.24. The molecule has 1 fully saturated rings. The highest BCUT2D eigenvalue weighted by Crippen LogP contribution is 2.40. The van der Waals surface area contributed by atoms with Gasteiger partial charge < -0.3 is 10.0 Å². The topological polar surface area (TPSA) is 75.7 Å². The van der Waals surface area contributed by atoms with Gasteiger partial charge >= 0.3 is 0 Å². The zero-order chi connectivity index (χ0) is 17.7. The lowest BCUT2D eigenvalue weighted by molar-refractivity contribution is -0.131. The van der Waals surface area contributed by atoms with E-state index in [2.05, 4.69) is 10.1 Å². The molecular formula is C18H21N5O2S. The smallest absolute Gasteiger partial charge is 0.229 e. The zero-order valence-corrected chi connectivity index (χ0v) is 15.2. The number of thiazole rings is 1. The number of aliphatic hydroxyl groups is 1. The summed E-state index contributed by atoms with van der Waals surface area (Å²) in [6.45, 7) is 2.06. The lowest BCUT2D eigenvalue weighted by atomic mass is 10.1. The summed E-state index contributed by atoms with van der Waals surface area (Å²) < 4.78 is 3.91. The first-order valence-corrected chi connectivity index (χ1v) is 9.99. The van der Waals surface area contributed by atoms with E-state index >= 15 is 0 Å². The van der Waals surface area contributed by atoms with Crippen LogP contribution in [0.4, 0.5) is 0 Å². The van der Waals surface area contributed by atoms with Crippen LogP contribution in [0.2, 0.25) is 0 Å². The molecular weight excluding hydrogens is 350 g/mol. The minimum absolute atomic E-state index is 0.0923. The van der Waals surface area contributed by atoms with Gasteiger partial charge in [0.05, 0.1) is 30.0 Å². The number of fused-ring (bicyclic) bond motifs is 2. The molecule has 0 aromatic carbocycles. The molecule has 1 amide bonds. The molecule has 1 aliphatic heterocycles. The maximum absolute atomic E-state index is 12.8. The summed E-state index contributed by atoms with van der Waals surface area (Å²) in [6, 6.07) is 1.97. The fourth-order valence-electron chi connectivity index (χ4n) is 3.62. The molecule has 4 heterocycles. The first-order chi connectivity index (χ1) is 12.7. The van der Waals surface area contributed by atoms with Crippen molar-refractivity contribution in [3.05, 3.63) is 40.9 Å². The van der Waals surface area contributed by atoms with Crippen LogP contribution in [-0.4, -0.2) is 41.6 Å². The number of hydrogen-bond donors (Lipinski definition) is 1. The number of rotatable bonds is 4. The number of aromatic nitrogens is 4. The van der Waals surface area contributed by atoms with Crippen LogP contribution in [0, 0.1) is 5.92 Å². The third-order valence-corrected chi connectivity index (χ3v) is 6.00. The van der Waals surface area contributed by atoms with E-state index in [4.69, 9.17) is 0 Å². The standard InChI is InChI=1S/C18H21N5O2S/c24-16(8-13-10-22-6-7-26-18(22)19-13)21-4-1-5-23-14(11-21)9-15(20-23)17(25)12-2-3-12/h6-7,9-10,12,17,25H,1-5,8,11H2/t17-/m1/s1. The molecule has 0 saturated heterocycles. The first kappa shape index (κ1) is 16.0. The SMILES string of the molecule is O=C(Cc1cn2ccsc2n1)N1CCCn2nc([C@H](O)C3CC3)cc2C1. The third-order valence-electron chi connectivity index (χ3n) is 5.23. The Hall–Kier alpha value is -2.19. The van der Waals surface area contributed by atoms with E-state index in [1.54, 1.807) is 11.3 Å². The molecule has 8 heteroatoms. The largest absolute Gasteiger partial charge is 0.386 e. The molecule has 0 bridgehead atoms. The van der Waals surface area contributed by atoms with Gasteiger partial charge in [0.2, 0.25) is 5.91 Å². The Morgan fingerprint density at radius 1 is 1.38 bits per heavy atom. The van der Waals surface area contributed by atoms with Crippen LogP contribution in [0.1, 0.15) is 42.4 Å². The molecule has 3 aromatic rings. The molecule has 0 spiro atoms. The molecule has 3 aromatic heterocycles. The number of amides is 1. The summed E-state index contributed by atoms with van der Waals surface area (Å²) in [6.07, 6.45) is 6.77. The van der Waals surface area contributed by atoms with E-state index in [0.29, 0.717) is 18.9 Å². The molecule has 1 N–H and O–H groups in total. The number of imidazole rings is 1. The van der Waals surface area contributed by atoms with Gasteiger partial charge in [0.1, 0.15) is 6.10 Å². The minimum atomic E-state index is -0.461.